The molecular formula is C12H28N2O. The molecule has 0 bridgehead atoms. The maximum Gasteiger partial charge on any atom is 0.0609 e. The van der Waals surface area contributed by atoms with Crippen molar-refractivity contribution >= 4 is 0 Å². The Morgan fingerprint density at radius 3 is 2.13 bits per heavy atom. The van der Waals surface area contributed by atoms with Crippen molar-refractivity contribution < 1.29 is 5.11 Å². The van der Waals surface area contributed by atoms with Crippen LogP contribution in [0.25, 0.3) is 0 Å². The number of nitrogens with zero attached hydrogens (tertiary/aromatic N) is 1. The second kappa shape index (κ2) is 5.83. The SMILES string of the molecule is CCCC(C)(CN)CN(C)C(C)(C)CO. The van der Waals surface area contributed by atoms with E-state index in [2.05, 4.69) is 39.6 Å². The molecule has 3 N–H and O–H groups in total. The van der Waals surface area contributed by atoms with E-state index in [0.29, 0.717) is 6.54 Å². The summed E-state index contributed by atoms with van der Waals surface area (Å²) in [5.41, 5.74) is 5.84. The van der Waals surface area contributed by atoms with Gasteiger partial charge in [-0.3, -0.25) is 4.90 Å². The molecule has 1 unspecified atom stereocenters. The number of nitrogens with two attached hydrogens (primary N) is 1. The van der Waals surface area contributed by atoms with Gasteiger partial charge < -0.3 is 10.8 Å². The van der Waals surface area contributed by atoms with Gasteiger partial charge in [0.25, 0.3) is 0 Å². The molecule has 3 nitrogen and oxygen atoms in total. The third-order valence-electron chi connectivity index (χ3n) is 3.39. The molecule has 0 rings (SSSR count). The molecule has 0 fully saturated rings. The third-order valence-corrected chi connectivity index (χ3v) is 3.39. The molecule has 0 radical (unpaired) electrons. The van der Waals surface area contributed by atoms with Crippen LogP contribution in [0.1, 0.15) is 40.5 Å². The lowest BCUT2D eigenvalue weighted by molar-refractivity contribution is 0.0448. The number of hydrogen-bond donors (Lipinski definition) is 2. The molecule has 0 spiro atoms. The number of hydrogen-bond acceptors (Lipinski definition) is 3. The largest absolute Gasteiger partial charge is 0.394 e. The van der Waals surface area contributed by atoms with Crippen molar-refractivity contribution in [3.8, 4) is 0 Å². The minimum Gasteiger partial charge on any atom is -0.394 e. The monoisotopic (exact) mass is 216 g/mol. The normalized spacial score (nSPS) is 16.8. The first-order valence-corrected chi connectivity index (χ1v) is 5.83. The van der Waals surface area contributed by atoms with Gasteiger partial charge in [0, 0.05) is 12.1 Å². The van der Waals surface area contributed by atoms with Crippen LogP contribution >= 0.6 is 0 Å². The molecular weight excluding hydrogens is 188 g/mol. The molecule has 0 aliphatic heterocycles. The highest BCUT2D eigenvalue weighted by Crippen LogP contribution is 2.25. The van der Waals surface area contributed by atoms with Crippen LogP contribution in [0.4, 0.5) is 0 Å². The zero-order chi connectivity index (χ0) is 12.1. The Morgan fingerprint density at radius 2 is 1.80 bits per heavy atom. The second-order valence-electron chi connectivity index (χ2n) is 5.59. The average Bonchev–Trinajstić information content (AvgIpc) is 2.18. The van der Waals surface area contributed by atoms with Crippen molar-refractivity contribution in [1.29, 1.82) is 0 Å². The lowest BCUT2D eigenvalue weighted by Gasteiger charge is -2.40. The van der Waals surface area contributed by atoms with Gasteiger partial charge in [0.15, 0.2) is 0 Å². The first-order chi connectivity index (χ1) is 6.81. The molecule has 0 aliphatic rings. The van der Waals surface area contributed by atoms with E-state index in [1.807, 2.05) is 0 Å². The summed E-state index contributed by atoms with van der Waals surface area (Å²) in [6, 6.07) is 0. The van der Waals surface area contributed by atoms with Gasteiger partial charge in [-0.1, -0.05) is 20.3 Å². The van der Waals surface area contributed by atoms with Gasteiger partial charge in [-0.05, 0) is 39.3 Å². The van der Waals surface area contributed by atoms with Crippen molar-refractivity contribution in [2.24, 2.45) is 11.1 Å². The van der Waals surface area contributed by atoms with Crippen molar-refractivity contribution in [2.75, 3.05) is 26.7 Å². The second-order valence-corrected chi connectivity index (χ2v) is 5.59. The highest BCUT2D eigenvalue weighted by molar-refractivity contribution is 4.85. The number of likely N-dealkylation sites (N-methyl/N-ethyl adjacent to an activating group) is 1. The molecule has 0 aromatic rings. The Labute approximate surface area is 94.6 Å². The quantitative estimate of drug-likeness (QED) is 0.677. The van der Waals surface area contributed by atoms with E-state index in [1.165, 1.54) is 0 Å². The summed E-state index contributed by atoms with van der Waals surface area (Å²) in [6.45, 7) is 10.3. The highest BCUT2D eigenvalue weighted by Gasteiger charge is 2.30. The first-order valence-electron chi connectivity index (χ1n) is 5.83. The van der Waals surface area contributed by atoms with Crippen LogP contribution in [0, 0.1) is 5.41 Å². The Hall–Kier alpha value is -0.120. The molecule has 1 atom stereocenters. The topological polar surface area (TPSA) is 49.5 Å². The van der Waals surface area contributed by atoms with Crippen LogP contribution in [-0.4, -0.2) is 42.3 Å². The molecule has 0 heterocycles. The van der Waals surface area contributed by atoms with Gasteiger partial charge in [0.1, 0.15) is 0 Å². The first kappa shape index (κ1) is 14.9. The van der Waals surface area contributed by atoms with Gasteiger partial charge in [0.05, 0.1) is 6.61 Å². The molecule has 0 saturated heterocycles. The Kier molecular flexibility index (Phi) is 5.78. The van der Waals surface area contributed by atoms with E-state index in [4.69, 9.17) is 5.73 Å². The van der Waals surface area contributed by atoms with E-state index < -0.39 is 0 Å². The molecule has 0 saturated carbocycles. The van der Waals surface area contributed by atoms with Crippen LogP contribution in [0.15, 0.2) is 0 Å². The van der Waals surface area contributed by atoms with Gasteiger partial charge in [0.2, 0.25) is 0 Å². The lowest BCUT2D eigenvalue weighted by atomic mass is 9.84. The van der Waals surface area contributed by atoms with E-state index in [0.717, 1.165) is 19.4 Å². The van der Waals surface area contributed by atoms with E-state index in [1.54, 1.807) is 0 Å². The fourth-order valence-corrected chi connectivity index (χ4v) is 1.76. The molecule has 0 aromatic heterocycles. The number of rotatable bonds is 7. The molecule has 0 aliphatic carbocycles. The van der Waals surface area contributed by atoms with E-state index in [-0.39, 0.29) is 17.6 Å². The standard InChI is InChI=1S/C12H28N2O/c1-6-7-12(4,8-13)9-14(5)11(2,3)10-15/h15H,6-10,13H2,1-5H3. The lowest BCUT2D eigenvalue weighted by Crippen LogP contribution is -2.50. The minimum absolute atomic E-state index is 0.163. The molecule has 0 amide bonds. The molecule has 3 heteroatoms. The summed E-state index contributed by atoms with van der Waals surface area (Å²) in [5.74, 6) is 0. The molecule has 0 aromatic carbocycles. The smallest absolute Gasteiger partial charge is 0.0609 e. The molecule has 15 heavy (non-hydrogen) atoms. The maximum atomic E-state index is 9.29. The predicted octanol–water partition coefficient (Wildman–Crippen LogP) is 1.45. The fourth-order valence-electron chi connectivity index (χ4n) is 1.76. The van der Waals surface area contributed by atoms with Gasteiger partial charge in [-0.25, -0.2) is 0 Å². The van der Waals surface area contributed by atoms with Gasteiger partial charge >= 0.3 is 0 Å². The number of aliphatic hydroxyl groups excluding tert-OH is 1. The summed E-state index contributed by atoms with van der Waals surface area (Å²) >= 11 is 0. The average molecular weight is 216 g/mol. The zero-order valence-electron chi connectivity index (χ0n) is 11.0. The minimum atomic E-state index is -0.163. The summed E-state index contributed by atoms with van der Waals surface area (Å²) < 4.78 is 0. The van der Waals surface area contributed by atoms with Crippen LogP contribution in [0.2, 0.25) is 0 Å². The molecule has 92 valence electrons. The van der Waals surface area contributed by atoms with Crippen LogP contribution in [-0.2, 0) is 0 Å². The third kappa shape index (κ3) is 4.49. The summed E-state index contributed by atoms with van der Waals surface area (Å²) in [5, 5.41) is 9.29. The van der Waals surface area contributed by atoms with Crippen molar-refractivity contribution in [2.45, 2.75) is 46.1 Å². The van der Waals surface area contributed by atoms with Crippen LogP contribution < -0.4 is 5.73 Å². The number of aliphatic hydroxyl groups is 1. The zero-order valence-corrected chi connectivity index (χ0v) is 11.0. The summed E-state index contributed by atoms with van der Waals surface area (Å²) in [7, 11) is 2.06. The Bertz CT molecular complexity index is 182. The summed E-state index contributed by atoms with van der Waals surface area (Å²) in [4.78, 5) is 2.20. The van der Waals surface area contributed by atoms with Crippen molar-refractivity contribution in [3.05, 3.63) is 0 Å². The van der Waals surface area contributed by atoms with Crippen LogP contribution in [0.3, 0.4) is 0 Å². The fraction of sp³-hybridized carbons (Fsp3) is 1.00. The highest BCUT2D eigenvalue weighted by atomic mass is 16.3. The van der Waals surface area contributed by atoms with Crippen molar-refractivity contribution in [1.82, 2.24) is 4.90 Å². The summed E-state index contributed by atoms with van der Waals surface area (Å²) in [6.07, 6.45) is 2.29. The van der Waals surface area contributed by atoms with Crippen LogP contribution in [0.5, 0.6) is 0 Å². The van der Waals surface area contributed by atoms with E-state index in [9.17, 15) is 5.11 Å². The van der Waals surface area contributed by atoms with E-state index >= 15 is 0 Å². The predicted molar refractivity (Wildman–Crippen MR) is 65.9 cm³/mol. The van der Waals surface area contributed by atoms with Crippen molar-refractivity contribution in [3.63, 3.8) is 0 Å². The Balaban J connectivity index is 4.41. The van der Waals surface area contributed by atoms with Gasteiger partial charge in [-0.2, -0.15) is 0 Å². The Morgan fingerprint density at radius 1 is 1.27 bits per heavy atom. The van der Waals surface area contributed by atoms with Gasteiger partial charge in [-0.15, -0.1) is 0 Å². The maximum absolute atomic E-state index is 9.29.